The van der Waals surface area contributed by atoms with Gasteiger partial charge in [0, 0.05) is 38.0 Å². The Hall–Kier alpha value is -5.07. The number of benzene rings is 2. The van der Waals surface area contributed by atoms with Crippen LogP contribution in [-0.4, -0.2) is 54.6 Å². The molecule has 1 fully saturated rings. The van der Waals surface area contributed by atoms with Crippen molar-refractivity contribution in [2.24, 2.45) is 17.4 Å². The molecule has 2 aromatic carbocycles. The monoisotopic (exact) mass is 670 g/mol. The van der Waals surface area contributed by atoms with Gasteiger partial charge in [-0.2, -0.15) is 0 Å². The van der Waals surface area contributed by atoms with E-state index in [9.17, 15) is 24.0 Å². The molecule has 0 radical (unpaired) electrons. The van der Waals surface area contributed by atoms with Crippen LogP contribution in [-0.2, 0) is 56.3 Å². The van der Waals surface area contributed by atoms with Gasteiger partial charge >= 0.3 is 0 Å². The van der Waals surface area contributed by atoms with Gasteiger partial charge in [0.1, 0.15) is 18.1 Å². The zero-order valence-electron chi connectivity index (χ0n) is 27.6. The van der Waals surface area contributed by atoms with Crippen molar-refractivity contribution < 1.29 is 28.4 Å². The number of aldehydes is 1. The zero-order chi connectivity index (χ0) is 35.0. The van der Waals surface area contributed by atoms with E-state index in [1.807, 2.05) is 54.6 Å². The minimum Gasteiger partial charge on any atom is -0.469 e. The summed E-state index contributed by atoms with van der Waals surface area (Å²) in [4.78, 5) is 61.2. The van der Waals surface area contributed by atoms with Gasteiger partial charge in [-0.25, -0.2) is 0 Å². The van der Waals surface area contributed by atoms with Gasteiger partial charge in [-0.15, -0.1) is 0 Å². The summed E-state index contributed by atoms with van der Waals surface area (Å²) in [6.07, 6.45) is 8.57. The van der Waals surface area contributed by atoms with E-state index in [-0.39, 0.29) is 43.1 Å². The molecule has 2 atom stereocenters. The molecule has 12 nitrogen and oxygen atoms in total. The summed E-state index contributed by atoms with van der Waals surface area (Å²) >= 11 is 0. The Morgan fingerprint density at radius 3 is 2.35 bits per heavy atom. The molecule has 0 aliphatic heterocycles. The normalized spacial score (nSPS) is 17.2. The summed E-state index contributed by atoms with van der Waals surface area (Å²) in [5.74, 6) is -0.457. The Morgan fingerprint density at radius 2 is 1.65 bits per heavy atom. The standard InChI is InChI=1S/C37H46N6O6/c38-22-27-7-3-6-26(18-27)19-32(36(39)47)43-35(46)20-28-8-1-2-9-29(28)24-41-37(48)33(21-31-10-5-17-49-31)40-23-25-12-14-30(15-13-25)42-34(45)11-4-16-44/h1-11,16-18,25,30,32-33,40H,12-15,19-24,38H2,(H2,39,47)(H,41,48)(H,42,45)(H,43,46)/b11-4+/t25-,30+,32-,33-/m0/s1. The average molecular weight is 671 g/mol. The van der Waals surface area contributed by atoms with E-state index < -0.39 is 18.0 Å². The molecule has 49 heavy (non-hydrogen) atoms. The predicted octanol–water partition coefficient (Wildman–Crippen LogP) is 1.74. The minimum absolute atomic E-state index is 0.00321. The van der Waals surface area contributed by atoms with E-state index in [0.29, 0.717) is 37.5 Å². The lowest BCUT2D eigenvalue weighted by molar-refractivity contribution is -0.127. The van der Waals surface area contributed by atoms with Gasteiger partial charge in [0.15, 0.2) is 0 Å². The maximum Gasteiger partial charge on any atom is 0.244 e. The van der Waals surface area contributed by atoms with Crippen LogP contribution >= 0.6 is 0 Å². The van der Waals surface area contributed by atoms with Crippen molar-refractivity contribution in [3.05, 3.63) is 107 Å². The fourth-order valence-corrected chi connectivity index (χ4v) is 6.05. The van der Waals surface area contributed by atoms with Crippen LogP contribution in [0.5, 0.6) is 0 Å². The summed E-state index contributed by atoms with van der Waals surface area (Å²) in [5.41, 5.74) is 14.6. The van der Waals surface area contributed by atoms with Gasteiger partial charge in [-0.3, -0.25) is 24.0 Å². The number of allylic oxidation sites excluding steroid dienone is 1. The van der Waals surface area contributed by atoms with Crippen molar-refractivity contribution in [2.45, 2.75) is 76.2 Å². The first-order valence-corrected chi connectivity index (χ1v) is 16.6. The molecular weight excluding hydrogens is 624 g/mol. The highest BCUT2D eigenvalue weighted by atomic mass is 16.3. The van der Waals surface area contributed by atoms with Crippen molar-refractivity contribution in [3.8, 4) is 0 Å². The molecule has 12 heteroatoms. The highest BCUT2D eigenvalue weighted by Crippen LogP contribution is 2.24. The van der Waals surface area contributed by atoms with Crippen molar-refractivity contribution in [1.29, 1.82) is 0 Å². The lowest BCUT2D eigenvalue weighted by atomic mass is 9.85. The third-order valence-electron chi connectivity index (χ3n) is 8.74. The van der Waals surface area contributed by atoms with Gasteiger partial charge < -0.3 is 37.2 Å². The number of carbonyl (C=O) groups is 5. The Bertz CT molecular complexity index is 1580. The molecule has 0 spiro atoms. The van der Waals surface area contributed by atoms with Gasteiger partial charge in [0.2, 0.25) is 23.6 Å². The molecule has 3 aromatic rings. The fraction of sp³-hybridized carbons (Fsp3) is 0.378. The molecule has 0 saturated heterocycles. The van der Waals surface area contributed by atoms with E-state index in [1.165, 1.54) is 12.2 Å². The van der Waals surface area contributed by atoms with Crippen LogP contribution in [0.1, 0.15) is 53.7 Å². The molecule has 1 heterocycles. The van der Waals surface area contributed by atoms with Crippen molar-refractivity contribution in [1.82, 2.24) is 21.3 Å². The number of amides is 4. The largest absolute Gasteiger partial charge is 0.469 e. The summed E-state index contributed by atoms with van der Waals surface area (Å²) in [6, 6.07) is 17.1. The smallest absolute Gasteiger partial charge is 0.244 e. The number of nitrogens with one attached hydrogen (secondary N) is 4. The van der Waals surface area contributed by atoms with E-state index in [2.05, 4.69) is 21.3 Å². The van der Waals surface area contributed by atoms with Crippen molar-refractivity contribution >= 4 is 29.9 Å². The SMILES string of the molecule is NCc1cccc(C[C@H](NC(=O)Cc2ccccc2CNC(=O)[C@H](Cc2ccco2)NC[C@H]2CC[C@@H](NC(=O)/C=C/C=O)CC2)C(N)=O)c1. The quantitative estimate of drug-likeness (QED) is 0.0869. The number of primary amides is 1. The topological polar surface area (TPSA) is 199 Å². The Labute approximate surface area is 286 Å². The summed E-state index contributed by atoms with van der Waals surface area (Å²) < 4.78 is 5.54. The molecule has 8 N–H and O–H groups in total. The number of carbonyl (C=O) groups excluding carboxylic acids is 5. The summed E-state index contributed by atoms with van der Waals surface area (Å²) in [7, 11) is 0. The van der Waals surface area contributed by atoms with Crippen LogP contribution in [0.2, 0.25) is 0 Å². The second-order valence-corrected chi connectivity index (χ2v) is 12.4. The first-order chi connectivity index (χ1) is 23.7. The molecule has 1 aromatic heterocycles. The van der Waals surface area contributed by atoms with Crippen LogP contribution in [0.15, 0.2) is 83.5 Å². The molecule has 260 valence electrons. The third kappa shape index (κ3) is 12.2. The Kier molecular flexibility index (Phi) is 14.3. The van der Waals surface area contributed by atoms with E-state index >= 15 is 0 Å². The second kappa shape index (κ2) is 19.1. The maximum atomic E-state index is 13.5. The van der Waals surface area contributed by atoms with E-state index in [1.54, 1.807) is 12.3 Å². The van der Waals surface area contributed by atoms with Crippen LogP contribution in [0.3, 0.4) is 0 Å². The number of furan rings is 1. The predicted molar refractivity (Wildman–Crippen MR) is 184 cm³/mol. The first kappa shape index (κ1) is 36.8. The molecule has 1 aliphatic carbocycles. The molecule has 4 amide bonds. The van der Waals surface area contributed by atoms with Crippen molar-refractivity contribution in [3.63, 3.8) is 0 Å². The van der Waals surface area contributed by atoms with Gasteiger partial charge in [-0.05, 0) is 78.6 Å². The number of rotatable bonds is 18. The highest BCUT2D eigenvalue weighted by molar-refractivity contribution is 5.91. The Balaban J connectivity index is 1.31. The minimum atomic E-state index is -0.889. The maximum absolute atomic E-state index is 13.5. The highest BCUT2D eigenvalue weighted by Gasteiger charge is 2.26. The molecule has 0 bridgehead atoms. The van der Waals surface area contributed by atoms with Crippen LogP contribution in [0.25, 0.3) is 0 Å². The van der Waals surface area contributed by atoms with E-state index in [4.69, 9.17) is 15.9 Å². The van der Waals surface area contributed by atoms with Crippen molar-refractivity contribution in [2.75, 3.05) is 6.54 Å². The first-order valence-electron chi connectivity index (χ1n) is 16.6. The molecule has 1 aliphatic rings. The molecule has 0 unspecified atom stereocenters. The van der Waals surface area contributed by atoms with Gasteiger partial charge in [-0.1, -0.05) is 48.5 Å². The van der Waals surface area contributed by atoms with Gasteiger partial charge in [0.05, 0.1) is 18.7 Å². The molecule has 4 rings (SSSR count). The van der Waals surface area contributed by atoms with E-state index in [0.717, 1.165) is 47.9 Å². The van der Waals surface area contributed by atoms with Crippen LogP contribution in [0, 0.1) is 5.92 Å². The number of nitrogens with two attached hydrogens (primary N) is 2. The summed E-state index contributed by atoms with van der Waals surface area (Å²) in [5, 5.41) is 12.1. The van der Waals surface area contributed by atoms with Crippen LogP contribution in [0.4, 0.5) is 0 Å². The van der Waals surface area contributed by atoms with Gasteiger partial charge in [0.25, 0.3) is 0 Å². The second-order valence-electron chi connectivity index (χ2n) is 12.4. The fourth-order valence-electron chi connectivity index (χ4n) is 6.05. The number of hydrogen-bond acceptors (Lipinski definition) is 8. The lowest BCUT2D eigenvalue weighted by Crippen LogP contribution is -2.47. The lowest BCUT2D eigenvalue weighted by Gasteiger charge is -2.30. The molecular formula is C37H46N6O6. The molecule has 1 saturated carbocycles. The number of hydrogen-bond donors (Lipinski definition) is 6. The zero-order valence-corrected chi connectivity index (χ0v) is 27.6. The Morgan fingerprint density at radius 1 is 0.898 bits per heavy atom. The summed E-state index contributed by atoms with van der Waals surface area (Å²) in [6.45, 7) is 1.19. The third-order valence-corrected chi connectivity index (χ3v) is 8.74. The average Bonchev–Trinajstić information content (AvgIpc) is 3.62. The van der Waals surface area contributed by atoms with Crippen LogP contribution < -0.4 is 32.7 Å².